The molecule has 1 aliphatic heterocycles. The molecular weight excluding hydrogens is 344 g/mol. The third kappa shape index (κ3) is 2.50. The number of benzene rings is 1. The number of hydrogen-bond acceptors (Lipinski definition) is 4. The monoisotopic (exact) mass is 366 g/mol. The summed E-state index contributed by atoms with van der Waals surface area (Å²) in [5, 5.41) is 9.93. The normalized spacial score (nSPS) is 23.5. The lowest BCUT2D eigenvalue weighted by Gasteiger charge is -2.37. The molecule has 3 unspecified atom stereocenters. The van der Waals surface area contributed by atoms with Gasteiger partial charge >= 0.3 is 0 Å². The van der Waals surface area contributed by atoms with E-state index < -0.39 is 10.8 Å². The largest absolute Gasteiger partial charge is 0.355 e. The Kier molecular flexibility index (Phi) is 4.20. The summed E-state index contributed by atoms with van der Waals surface area (Å²) in [5.41, 5.74) is 4.14. The number of nitriles is 1. The first kappa shape index (κ1) is 17.0. The van der Waals surface area contributed by atoms with Crippen molar-refractivity contribution in [3.8, 4) is 6.07 Å². The Balaban J connectivity index is 1.98. The van der Waals surface area contributed by atoms with Crippen LogP contribution in [0.15, 0.2) is 30.3 Å². The lowest BCUT2D eigenvalue weighted by atomic mass is 10.1. The zero-order valence-corrected chi connectivity index (χ0v) is 16.1. The highest BCUT2D eigenvalue weighted by atomic mass is 32.2. The molecule has 3 heterocycles. The van der Waals surface area contributed by atoms with Crippen molar-refractivity contribution in [2.24, 2.45) is 0 Å². The fraction of sp³-hybridized carbons (Fsp3) is 0.400. The maximum Gasteiger partial charge on any atom is 0.157 e. The number of rotatable bonds is 2. The van der Waals surface area contributed by atoms with Crippen LogP contribution in [-0.2, 0) is 10.8 Å². The second-order valence-corrected chi connectivity index (χ2v) is 9.13. The Morgan fingerprint density at radius 1 is 1.35 bits per heavy atom. The van der Waals surface area contributed by atoms with Gasteiger partial charge in [-0.3, -0.25) is 8.61 Å². The highest BCUT2D eigenvalue weighted by Gasteiger charge is 2.32. The number of pyridine rings is 1. The van der Waals surface area contributed by atoms with E-state index in [1.54, 1.807) is 0 Å². The van der Waals surface area contributed by atoms with Crippen molar-refractivity contribution in [2.75, 3.05) is 18.0 Å². The van der Waals surface area contributed by atoms with Gasteiger partial charge in [0.2, 0.25) is 0 Å². The summed E-state index contributed by atoms with van der Waals surface area (Å²) in [7, 11) is -0.799. The number of imidazole rings is 1. The van der Waals surface area contributed by atoms with Gasteiger partial charge in [-0.05, 0) is 44.0 Å². The van der Waals surface area contributed by atoms with Crippen LogP contribution in [0.25, 0.3) is 16.7 Å². The van der Waals surface area contributed by atoms with Crippen LogP contribution in [0.1, 0.15) is 31.4 Å². The molecule has 2 aromatic heterocycles. The summed E-state index contributed by atoms with van der Waals surface area (Å²) in [4.78, 5) is 7.04. The SMILES string of the molecule is CCC1CN(c2cc(C)c(C#N)c3nc4ccccc4n23)CC(C)S1=O. The minimum Gasteiger partial charge on any atom is -0.355 e. The quantitative estimate of drug-likeness (QED) is 0.697. The van der Waals surface area contributed by atoms with Crippen molar-refractivity contribution in [1.29, 1.82) is 5.26 Å². The zero-order chi connectivity index (χ0) is 18.4. The van der Waals surface area contributed by atoms with Gasteiger partial charge in [0.05, 0.1) is 21.8 Å². The molecular formula is C20H22N4OS. The van der Waals surface area contributed by atoms with Crippen LogP contribution >= 0.6 is 0 Å². The molecule has 4 rings (SSSR count). The number of anilines is 1. The lowest BCUT2D eigenvalue weighted by molar-refractivity contribution is 0.610. The van der Waals surface area contributed by atoms with Crippen LogP contribution in [0.2, 0.25) is 0 Å². The molecule has 1 fully saturated rings. The molecule has 0 aliphatic carbocycles. The molecule has 3 atom stereocenters. The highest BCUT2D eigenvalue weighted by molar-refractivity contribution is 7.86. The smallest absolute Gasteiger partial charge is 0.157 e. The first-order valence-electron chi connectivity index (χ1n) is 9.00. The van der Waals surface area contributed by atoms with Gasteiger partial charge in [-0.15, -0.1) is 0 Å². The molecule has 0 radical (unpaired) electrons. The molecule has 0 saturated carbocycles. The van der Waals surface area contributed by atoms with E-state index in [4.69, 9.17) is 4.98 Å². The molecule has 26 heavy (non-hydrogen) atoms. The predicted octanol–water partition coefficient (Wildman–Crippen LogP) is 3.40. The van der Waals surface area contributed by atoms with Gasteiger partial charge < -0.3 is 4.90 Å². The molecule has 134 valence electrons. The maximum atomic E-state index is 12.5. The van der Waals surface area contributed by atoms with Gasteiger partial charge in [-0.2, -0.15) is 5.26 Å². The summed E-state index contributed by atoms with van der Waals surface area (Å²) in [6, 6.07) is 12.4. The third-order valence-electron chi connectivity index (χ3n) is 5.27. The van der Waals surface area contributed by atoms with Crippen LogP contribution in [-0.4, -0.2) is 37.2 Å². The van der Waals surface area contributed by atoms with E-state index in [2.05, 4.69) is 35.3 Å². The van der Waals surface area contributed by atoms with Crippen molar-refractivity contribution in [3.63, 3.8) is 0 Å². The highest BCUT2D eigenvalue weighted by Crippen LogP contribution is 2.31. The van der Waals surface area contributed by atoms with E-state index in [0.717, 1.165) is 41.9 Å². The van der Waals surface area contributed by atoms with Gasteiger partial charge in [0.15, 0.2) is 5.65 Å². The average Bonchev–Trinajstić information content (AvgIpc) is 3.02. The molecule has 0 N–H and O–H groups in total. The van der Waals surface area contributed by atoms with Crippen LogP contribution in [0.3, 0.4) is 0 Å². The van der Waals surface area contributed by atoms with Crippen molar-refractivity contribution in [3.05, 3.63) is 41.5 Å². The molecule has 1 aromatic carbocycles. The Labute approximate surface area is 155 Å². The van der Waals surface area contributed by atoms with E-state index in [0.29, 0.717) is 11.2 Å². The van der Waals surface area contributed by atoms with Gasteiger partial charge in [0.25, 0.3) is 0 Å². The Morgan fingerprint density at radius 2 is 2.12 bits per heavy atom. The summed E-state index contributed by atoms with van der Waals surface area (Å²) >= 11 is 0. The summed E-state index contributed by atoms with van der Waals surface area (Å²) in [5.74, 6) is 1.03. The maximum absolute atomic E-state index is 12.5. The Hall–Kier alpha value is -2.39. The molecule has 1 aliphatic rings. The Morgan fingerprint density at radius 3 is 2.85 bits per heavy atom. The van der Waals surface area contributed by atoms with Crippen LogP contribution in [0.5, 0.6) is 0 Å². The summed E-state index contributed by atoms with van der Waals surface area (Å²) in [6.45, 7) is 7.64. The number of fused-ring (bicyclic) bond motifs is 3. The van der Waals surface area contributed by atoms with Crippen LogP contribution in [0.4, 0.5) is 5.82 Å². The third-order valence-corrected chi connectivity index (χ3v) is 7.35. The van der Waals surface area contributed by atoms with Crippen LogP contribution in [0, 0.1) is 18.3 Å². The first-order valence-corrected chi connectivity index (χ1v) is 10.3. The number of aryl methyl sites for hydroxylation is 1. The van der Waals surface area contributed by atoms with Crippen molar-refractivity contribution >= 4 is 33.3 Å². The number of hydrogen-bond donors (Lipinski definition) is 0. The van der Waals surface area contributed by atoms with E-state index in [1.165, 1.54) is 0 Å². The fourth-order valence-corrected chi connectivity index (χ4v) is 5.53. The second kappa shape index (κ2) is 6.40. The first-order chi connectivity index (χ1) is 12.5. The molecule has 5 nitrogen and oxygen atoms in total. The summed E-state index contributed by atoms with van der Waals surface area (Å²) < 4.78 is 14.6. The van der Waals surface area contributed by atoms with Gasteiger partial charge in [0.1, 0.15) is 11.9 Å². The zero-order valence-electron chi connectivity index (χ0n) is 15.3. The molecule has 1 saturated heterocycles. The minimum atomic E-state index is -0.799. The lowest BCUT2D eigenvalue weighted by Crippen LogP contribution is -2.48. The van der Waals surface area contributed by atoms with Gasteiger partial charge in [-0.1, -0.05) is 19.1 Å². The number of aromatic nitrogens is 2. The van der Waals surface area contributed by atoms with Crippen molar-refractivity contribution in [1.82, 2.24) is 9.38 Å². The van der Waals surface area contributed by atoms with E-state index in [9.17, 15) is 9.47 Å². The van der Waals surface area contributed by atoms with E-state index in [1.807, 2.05) is 31.2 Å². The van der Waals surface area contributed by atoms with Crippen molar-refractivity contribution < 1.29 is 4.21 Å². The minimum absolute atomic E-state index is 0.120. The molecule has 3 aromatic rings. The topological polar surface area (TPSA) is 61.4 Å². The van der Waals surface area contributed by atoms with E-state index >= 15 is 0 Å². The summed E-state index contributed by atoms with van der Waals surface area (Å²) in [6.07, 6.45) is 0.899. The molecule has 0 amide bonds. The van der Waals surface area contributed by atoms with Crippen LogP contribution < -0.4 is 4.90 Å². The number of nitrogens with zero attached hydrogens (tertiary/aromatic N) is 4. The second-order valence-electron chi connectivity index (χ2n) is 7.01. The van der Waals surface area contributed by atoms with Gasteiger partial charge in [-0.25, -0.2) is 4.98 Å². The average molecular weight is 366 g/mol. The predicted molar refractivity (Wildman–Crippen MR) is 106 cm³/mol. The standard InChI is InChI=1S/C20H22N4OS/c1-4-15-12-23(11-14(3)26(15)25)19-9-13(2)16(10-21)20-22-17-7-5-6-8-18(17)24(19)20/h5-9,14-15H,4,11-12H2,1-3H3. The molecule has 6 heteroatoms. The van der Waals surface area contributed by atoms with Crippen molar-refractivity contribution in [2.45, 2.75) is 37.7 Å². The fourth-order valence-electron chi connectivity index (χ4n) is 3.89. The Bertz CT molecular complexity index is 1070. The molecule has 0 spiro atoms. The molecule has 0 bridgehead atoms. The van der Waals surface area contributed by atoms with Gasteiger partial charge in [0, 0.05) is 29.1 Å². The van der Waals surface area contributed by atoms with E-state index in [-0.39, 0.29) is 10.5 Å². The number of para-hydroxylation sites is 2.